The molecule has 0 amide bonds. The van der Waals surface area contributed by atoms with Crippen LogP contribution in [0, 0.1) is 11.3 Å². The molecule has 1 N–H and O–H groups in total. The highest BCUT2D eigenvalue weighted by Crippen LogP contribution is 2.29. The highest BCUT2D eigenvalue weighted by molar-refractivity contribution is 9.13. The maximum atomic E-state index is 10.8. The van der Waals surface area contributed by atoms with Gasteiger partial charge in [-0.25, -0.2) is 4.79 Å². The molecule has 1 aromatic carbocycles. The minimum atomic E-state index is -1.00. The standard InChI is InChI=1S/C14H7Br2NO3/c15-12-6-11(20-13(12)16)5-10(7-17)8-1-3-9(4-2-8)14(18)19/h1-6H,(H,18,19). The molecule has 6 heteroatoms. The number of hydrogen-bond donors (Lipinski definition) is 1. The second-order valence-corrected chi connectivity index (χ2v) is 5.40. The smallest absolute Gasteiger partial charge is 0.335 e. The number of nitriles is 1. The van der Waals surface area contributed by atoms with Gasteiger partial charge in [-0.15, -0.1) is 0 Å². The molecular formula is C14H7Br2NO3. The summed E-state index contributed by atoms with van der Waals surface area (Å²) in [6.45, 7) is 0. The van der Waals surface area contributed by atoms with Gasteiger partial charge >= 0.3 is 5.97 Å². The largest absolute Gasteiger partial charge is 0.478 e. The molecule has 100 valence electrons. The van der Waals surface area contributed by atoms with E-state index in [0.717, 1.165) is 4.47 Å². The number of carboxylic acid groups (broad SMARTS) is 1. The lowest BCUT2D eigenvalue weighted by atomic mass is 10.0. The van der Waals surface area contributed by atoms with E-state index in [1.54, 1.807) is 24.3 Å². The summed E-state index contributed by atoms with van der Waals surface area (Å²) in [5.74, 6) is -0.486. The Morgan fingerprint density at radius 3 is 2.30 bits per heavy atom. The Balaban J connectivity index is 2.37. The van der Waals surface area contributed by atoms with Crippen LogP contribution in [-0.4, -0.2) is 11.1 Å². The van der Waals surface area contributed by atoms with Crippen LogP contribution in [0.4, 0.5) is 0 Å². The van der Waals surface area contributed by atoms with Gasteiger partial charge in [0.05, 0.1) is 21.7 Å². The number of furan rings is 1. The molecule has 0 aliphatic carbocycles. The molecule has 2 aromatic rings. The van der Waals surface area contributed by atoms with Crippen LogP contribution in [-0.2, 0) is 0 Å². The summed E-state index contributed by atoms with van der Waals surface area (Å²) >= 11 is 6.51. The normalized spacial score (nSPS) is 11.2. The molecule has 0 radical (unpaired) electrons. The first-order valence-corrected chi connectivity index (χ1v) is 7.00. The van der Waals surface area contributed by atoms with Gasteiger partial charge in [0.2, 0.25) is 0 Å². The Morgan fingerprint density at radius 1 is 1.25 bits per heavy atom. The van der Waals surface area contributed by atoms with Gasteiger partial charge in [-0.2, -0.15) is 5.26 Å². The van der Waals surface area contributed by atoms with Crippen molar-refractivity contribution < 1.29 is 14.3 Å². The van der Waals surface area contributed by atoms with Crippen molar-refractivity contribution in [3.05, 3.63) is 56.4 Å². The van der Waals surface area contributed by atoms with E-state index in [4.69, 9.17) is 9.52 Å². The average molecular weight is 397 g/mol. The lowest BCUT2D eigenvalue weighted by molar-refractivity contribution is 0.0697. The predicted molar refractivity (Wildman–Crippen MR) is 81.0 cm³/mol. The van der Waals surface area contributed by atoms with E-state index in [-0.39, 0.29) is 5.56 Å². The molecule has 0 fully saturated rings. The lowest BCUT2D eigenvalue weighted by Crippen LogP contribution is -1.95. The molecular weight excluding hydrogens is 390 g/mol. The van der Waals surface area contributed by atoms with Gasteiger partial charge in [0.1, 0.15) is 5.76 Å². The molecule has 20 heavy (non-hydrogen) atoms. The van der Waals surface area contributed by atoms with Crippen LogP contribution >= 0.6 is 31.9 Å². The summed E-state index contributed by atoms with van der Waals surface area (Å²) < 4.78 is 6.67. The molecule has 0 atom stereocenters. The summed E-state index contributed by atoms with van der Waals surface area (Å²) in [6, 6.07) is 9.88. The molecule has 0 unspecified atom stereocenters. The molecule has 1 aromatic heterocycles. The Kier molecular flexibility index (Phi) is 4.42. The van der Waals surface area contributed by atoms with Gasteiger partial charge in [-0.05, 0) is 61.7 Å². The molecule has 0 bridgehead atoms. The Bertz CT molecular complexity index is 704. The van der Waals surface area contributed by atoms with Crippen LogP contribution in [0.25, 0.3) is 11.6 Å². The quantitative estimate of drug-likeness (QED) is 0.771. The van der Waals surface area contributed by atoms with Crippen LogP contribution in [0.5, 0.6) is 0 Å². The van der Waals surface area contributed by atoms with E-state index in [9.17, 15) is 10.1 Å². The third-order valence-corrected chi connectivity index (χ3v) is 4.22. The molecule has 0 spiro atoms. The zero-order valence-corrected chi connectivity index (χ0v) is 13.1. The van der Waals surface area contributed by atoms with Crippen molar-refractivity contribution in [2.24, 2.45) is 0 Å². The second-order valence-electron chi connectivity index (χ2n) is 3.82. The number of carbonyl (C=O) groups is 1. The minimum absolute atomic E-state index is 0.175. The van der Waals surface area contributed by atoms with Crippen molar-refractivity contribution in [3.63, 3.8) is 0 Å². The predicted octanol–water partition coefficient (Wildman–Crippen LogP) is 4.57. The average Bonchev–Trinajstić information content (AvgIpc) is 2.75. The first kappa shape index (κ1) is 14.6. The Labute approximate surface area is 131 Å². The number of allylic oxidation sites excluding steroid dienone is 1. The number of aromatic carboxylic acids is 1. The highest BCUT2D eigenvalue weighted by Gasteiger charge is 2.08. The zero-order valence-electron chi connectivity index (χ0n) is 9.93. The van der Waals surface area contributed by atoms with Gasteiger partial charge in [0, 0.05) is 0 Å². The van der Waals surface area contributed by atoms with Gasteiger partial charge in [-0.3, -0.25) is 0 Å². The van der Waals surface area contributed by atoms with E-state index < -0.39 is 5.97 Å². The highest BCUT2D eigenvalue weighted by atomic mass is 79.9. The maximum absolute atomic E-state index is 10.8. The first-order chi connectivity index (χ1) is 9.51. The van der Waals surface area contributed by atoms with Crippen LogP contribution in [0.1, 0.15) is 21.7 Å². The summed E-state index contributed by atoms with van der Waals surface area (Å²) in [6.07, 6.45) is 1.59. The van der Waals surface area contributed by atoms with Gasteiger partial charge in [-0.1, -0.05) is 12.1 Å². The number of halogens is 2. The van der Waals surface area contributed by atoms with Crippen molar-refractivity contribution in [1.82, 2.24) is 0 Å². The third-order valence-electron chi connectivity index (χ3n) is 2.51. The molecule has 0 aliphatic heterocycles. The molecule has 0 saturated carbocycles. The first-order valence-electron chi connectivity index (χ1n) is 5.41. The van der Waals surface area contributed by atoms with E-state index in [2.05, 4.69) is 37.9 Å². The third kappa shape index (κ3) is 3.18. The molecule has 4 nitrogen and oxygen atoms in total. The van der Waals surface area contributed by atoms with Crippen LogP contribution in [0.15, 0.2) is 43.9 Å². The fraction of sp³-hybridized carbons (Fsp3) is 0. The molecule has 2 rings (SSSR count). The van der Waals surface area contributed by atoms with Crippen molar-refractivity contribution >= 4 is 49.5 Å². The minimum Gasteiger partial charge on any atom is -0.478 e. The fourth-order valence-electron chi connectivity index (χ4n) is 1.55. The van der Waals surface area contributed by atoms with Crippen LogP contribution < -0.4 is 0 Å². The summed E-state index contributed by atoms with van der Waals surface area (Å²) in [5.41, 5.74) is 1.19. The second kappa shape index (κ2) is 6.07. The Hall–Kier alpha value is -1.84. The van der Waals surface area contributed by atoms with Crippen molar-refractivity contribution in [3.8, 4) is 6.07 Å². The monoisotopic (exact) mass is 395 g/mol. The van der Waals surface area contributed by atoms with E-state index in [1.165, 1.54) is 12.1 Å². The van der Waals surface area contributed by atoms with Crippen LogP contribution in [0.2, 0.25) is 0 Å². The molecule has 0 aliphatic rings. The fourth-order valence-corrected chi connectivity index (χ4v) is 2.16. The van der Waals surface area contributed by atoms with Gasteiger partial charge in [0.15, 0.2) is 4.67 Å². The van der Waals surface area contributed by atoms with Crippen LogP contribution in [0.3, 0.4) is 0 Å². The number of benzene rings is 1. The van der Waals surface area contributed by atoms with Crippen molar-refractivity contribution in [1.29, 1.82) is 5.26 Å². The van der Waals surface area contributed by atoms with Crippen molar-refractivity contribution in [2.45, 2.75) is 0 Å². The molecule has 0 saturated heterocycles. The van der Waals surface area contributed by atoms with Gasteiger partial charge < -0.3 is 9.52 Å². The van der Waals surface area contributed by atoms with E-state index in [0.29, 0.717) is 21.6 Å². The zero-order chi connectivity index (χ0) is 14.7. The lowest BCUT2D eigenvalue weighted by Gasteiger charge is -1.99. The molecule has 1 heterocycles. The summed E-state index contributed by atoms with van der Waals surface area (Å²) in [4.78, 5) is 10.8. The number of hydrogen-bond acceptors (Lipinski definition) is 3. The van der Waals surface area contributed by atoms with Crippen molar-refractivity contribution in [2.75, 3.05) is 0 Å². The number of rotatable bonds is 3. The number of carboxylic acids is 1. The SMILES string of the molecule is N#CC(=Cc1cc(Br)c(Br)o1)c1ccc(C(=O)O)cc1. The summed E-state index contributed by atoms with van der Waals surface area (Å²) in [7, 11) is 0. The van der Waals surface area contributed by atoms with Gasteiger partial charge in [0.25, 0.3) is 0 Å². The van der Waals surface area contributed by atoms with E-state index in [1.807, 2.05) is 0 Å². The summed E-state index contributed by atoms with van der Waals surface area (Å²) in [5, 5.41) is 18.0. The number of nitrogens with zero attached hydrogens (tertiary/aromatic N) is 1. The topological polar surface area (TPSA) is 74.2 Å². The maximum Gasteiger partial charge on any atom is 0.335 e. The Morgan fingerprint density at radius 2 is 1.85 bits per heavy atom. The van der Waals surface area contributed by atoms with E-state index >= 15 is 0 Å².